The van der Waals surface area contributed by atoms with Crippen LogP contribution in [0, 0.1) is 0 Å². The van der Waals surface area contributed by atoms with Crippen molar-refractivity contribution in [2.45, 2.75) is 24.9 Å². The van der Waals surface area contributed by atoms with Crippen LogP contribution in [0.5, 0.6) is 0 Å². The Balaban J connectivity index is 1.34. The average Bonchev–Trinajstić information content (AvgIpc) is 3.50. The number of rotatable bonds is 9. The molecule has 3 unspecified atom stereocenters. The smallest absolute Gasteiger partial charge is 0.244 e. The van der Waals surface area contributed by atoms with Crippen molar-refractivity contribution in [2.75, 3.05) is 24.6 Å². The van der Waals surface area contributed by atoms with Crippen molar-refractivity contribution in [3.05, 3.63) is 36.9 Å². The molecular weight excluding hydrogens is 423 g/mol. The lowest BCUT2D eigenvalue weighted by atomic mass is 10.2. The number of ether oxygens (including phenoxy) is 1. The SMILES string of the molecule is O=PCC1OC(n2cnc3c(NCCNC(=O)/C=C/c4cnc[nH]4)ncnc32)CC1O. The highest BCUT2D eigenvalue weighted by Crippen LogP contribution is 2.32. The van der Waals surface area contributed by atoms with Crippen molar-refractivity contribution in [2.24, 2.45) is 0 Å². The van der Waals surface area contributed by atoms with Crippen LogP contribution in [0.1, 0.15) is 18.3 Å². The molecule has 0 radical (unpaired) electrons. The zero-order valence-electron chi connectivity index (χ0n) is 16.4. The van der Waals surface area contributed by atoms with Gasteiger partial charge in [-0.3, -0.25) is 13.9 Å². The summed E-state index contributed by atoms with van der Waals surface area (Å²) in [5.74, 6) is 0.302. The van der Waals surface area contributed by atoms with Crippen LogP contribution in [0.25, 0.3) is 17.2 Å². The van der Waals surface area contributed by atoms with Gasteiger partial charge in [-0.15, -0.1) is 0 Å². The Morgan fingerprint density at radius 3 is 3.10 bits per heavy atom. The maximum Gasteiger partial charge on any atom is 0.244 e. The van der Waals surface area contributed by atoms with Crippen molar-refractivity contribution in [3.63, 3.8) is 0 Å². The summed E-state index contributed by atoms with van der Waals surface area (Å²) >= 11 is 0. The minimum atomic E-state index is -0.700. The van der Waals surface area contributed by atoms with Gasteiger partial charge in [0, 0.05) is 25.6 Å². The number of carbonyl (C=O) groups is 1. The summed E-state index contributed by atoms with van der Waals surface area (Å²) in [7, 11) is -0.0707. The normalized spacial score (nSPS) is 21.3. The Labute approximate surface area is 178 Å². The van der Waals surface area contributed by atoms with Crippen LogP contribution in [0.15, 0.2) is 31.3 Å². The molecule has 4 N–H and O–H groups in total. The van der Waals surface area contributed by atoms with Gasteiger partial charge >= 0.3 is 0 Å². The lowest BCUT2D eigenvalue weighted by Gasteiger charge is -2.13. The van der Waals surface area contributed by atoms with E-state index >= 15 is 0 Å². The van der Waals surface area contributed by atoms with E-state index in [1.807, 2.05) is 0 Å². The number of aromatic nitrogens is 6. The molecule has 0 aromatic carbocycles. The number of aromatic amines is 1. The molecule has 3 atom stereocenters. The van der Waals surface area contributed by atoms with E-state index in [0.29, 0.717) is 36.5 Å². The summed E-state index contributed by atoms with van der Waals surface area (Å²) in [5, 5.41) is 16.0. The van der Waals surface area contributed by atoms with E-state index in [2.05, 4.69) is 35.6 Å². The number of nitrogens with one attached hydrogen (secondary N) is 3. The number of imidazole rings is 2. The average molecular weight is 444 g/mol. The number of nitrogens with zero attached hydrogens (tertiary/aromatic N) is 5. The molecule has 1 aliphatic heterocycles. The number of amides is 1. The predicted octanol–water partition coefficient (Wildman–Crippen LogP) is 0.731. The lowest BCUT2D eigenvalue weighted by molar-refractivity contribution is -0.116. The molecule has 12 nitrogen and oxygen atoms in total. The number of hydrogen-bond donors (Lipinski definition) is 4. The number of aliphatic hydroxyl groups excluding tert-OH is 1. The van der Waals surface area contributed by atoms with Crippen molar-refractivity contribution in [1.82, 2.24) is 34.8 Å². The van der Waals surface area contributed by atoms with E-state index in [1.54, 1.807) is 23.2 Å². The quantitative estimate of drug-likeness (QED) is 0.212. The highest BCUT2D eigenvalue weighted by molar-refractivity contribution is 7.23. The van der Waals surface area contributed by atoms with Crippen LogP contribution in [0.4, 0.5) is 5.82 Å². The molecule has 4 rings (SSSR count). The van der Waals surface area contributed by atoms with Gasteiger partial charge in [0.2, 0.25) is 5.91 Å². The van der Waals surface area contributed by atoms with Gasteiger partial charge in [0.05, 0.1) is 42.9 Å². The molecule has 0 bridgehead atoms. The van der Waals surface area contributed by atoms with Gasteiger partial charge in [-0.05, 0) is 6.08 Å². The summed E-state index contributed by atoms with van der Waals surface area (Å²) in [6.07, 6.45) is 8.16. The van der Waals surface area contributed by atoms with Gasteiger partial charge in [0.25, 0.3) is 0 Å². The first-order chi connectivity index (χ1) is 15.2. The molecule has 0 spiro atoms. The van der Waals surface area contributed by atoms with E-state index in [0.717, 1.165) is 5.69 Å². The lowest BCUT2D eigenvalue weighted by Crippen LogP contribution is -2.27. The van der Waals surface area contributed by atoms with Crippen molar-refractivity contribution < 1.29 is 19.2 Å². The minimum Gasteiger partial charge on any atom is -0.390 e. The molecule has 13 heteroatoms. The van der Waals surface area contributed by atoms with Crippen LogP contribution in [-0.2, 0) is 14.1 Å². The highest BCUT2D eigenvalue weighted by Gasteiger charge is 2.35. The number of carbonyl (C=O) groups excluding carboxylic acids is 1. The monoisotopic (exact) mass is 444 g/mol. The first kappa shape index (κ1) is 21.0. The van der Waals surface area contributed by atoms with E-state index in [-0.39, 0.29) is 20.5 Å². The van der Waals surface area contributed by atoms with Crippen LogP contribution in [-0.4, -0.2) is 72.0 Å². The van der Waals surface area contributed by atoms with E-state index in [4.69, 9.17) is 4.74 Å². The summed E-state index contributed by atoms with van der Waals surface area (Å²) in [4.78, 5) is 31.5. The molecule has 4 heterocycles. The Hall–Kier alpha value is -3.21. The maximum absolute atomic E-state index is 11.9. The molecule has 0 saturated carbocycles. The van der Waals surface area contributed by atoms with Gasteiger partial charge in [-0.1, -0.05) is 0 Å². The predicted molar refractivity (Wildman–Crippen MR) is 111 cm³/mol. The fourth-order valence-corrected chi connectivity index (χ4v) is 3.74. The summed E-state index contributed by atoms with van der Waals surface area (Å²) in [6.45, 7) is 0.818. The fourth-order valence-electron chi connectivity index (χ4n) is 3.26. The van der Waals surface area contributed by atoms with Crippen molar-refractivity contribution >= 4 is 37.4 Å². The van der Waals surface area contributed by atoms with Gasteiger partial charge in [0.15, 0.2) is 25.4 Å². The van der Waals surface area contributed by atoms with E-state index < -0.39 is 18.4 Å². The molecular formula is C18H21N8O4P. The third-order valence-electron chi connectivity index (χ3n) is 4.78. The second-order valence-electron chi connectivity index (χ2n) is 6.85. The second kappa shape index (κ2) is 9.73. The molecule has 1 amide bonds. The van der Waals surface area contributed by atoms with Crippen LogP contribution >= 0.6 is 8.46 Å². The third kappa shape index (κ3) is 4.93. The Bertz CT molecular complexity index is 1070. The molecule has 162 valence electrons. The van der Waals surface area contributed by atoms with Crippen LogP contribution in [0.2, 0.25) is 0 Å². The summed E-state index contributed by atoms with van der Waals surface area (Å²) in [5.41, 5.74) is 1.85. The molecule has 1 saturated heterocycles. The fraction of sp³-hybridized carbons (Fsp3) is 0.389. The zero-order valence-corrected chi connectivity index (χ0v) is 17.3. The van der Waals surface area contributed by atoms with Gasteiger partial charge in [0.1, 0.15) is 12.6 Å². The topological polar surface area (TPSA) is 160 Å². The van der Waals surface area contributed by atoms with Crippen molar-refractivity contribution in [1.29, 1.82) is 0 Å². The molecule has 31 heavy (non-hydrogen) atoms. The first-order valence-corrected chi connectivity index (χ1v) is 10.6. The Morgan fingerprint density at radius 2 is 2.29 bits per heavy atom. The first-order valence-electron chi connectivity index (χ1n) is 9.64. The summed E-state index contributed by atoms with van der Waals surface area (Å²) < 4.78 is 18.4. The van der Waals surface area contributed by atoms with E-state index in [9.17, 15) is 14.5 Å². The maximum atomic E-state index is 11.9. The van der Waals surface area contributed by atoms with E-state index in [1.165, 1.54) is 18.7 Å². The third-order valence-corrected chi connectivity index (χ3v) is 5.29. The number of aliphatic hydroxyl groups is 1. The Morgan fingerprint density at radius 1 is 1.39 bits per heavy atom. The number of fused-ring (bicyclic) bond motifs is 1. The molecule has 1 fully saturated rings. The number of H-pyrrole nitrogens is 1. The van der Waals surface area contributed by atoms with Gasteiger partial charge < -0.3 is 25.5 Å². The minimum absolute atomic E-state index is 0.0707. The number of hydrogen-bond acceptors (Lipinski definition) is 9. The largest absolute Gasteiger partial charge is 0.390 e. The van der Waals surface area contributed by atoms with Gasteiger partial charge in [-0.2, -0.15) is 0 Å². The second-order valence-corrected chi connectivity index (χ2v) is 7.47. The van der Waals surface area contributed by atoms with Crippen molar-refractivity contribution in [3.8, 4) is 0 Å². The standard InChI is InChI=1S/C18H21N8O4P/c27-12-5-15(30-13(12)7-31-29)26-10-25-16-17(23-9-24-18(16)26)21-4-3-20-14(28)2-1-11-6-19-8-22-11/h1-2,6,8-10,12-13,15,27H,3-5,7H2,(H,19,22)(H,20,28)(H,21,23,24)/b2-1+. The Kier molecular flexibility index (Phi) is 6.60. The van der Waals surface area contributed by atoms with Crippen LogP contribution < -0.4 is 10.6 Å². The summed E-state index contributed by atoms with van der Waals surface area (Å²) in [6, 6.07) is 0. The molecule has 0 aliphatic carbocycles. The molecule has 3 aromatic rings. The molecule has 1 aliphatic rings. The highest BCUT2D eigenvalue weighted by atomic mass is 31.1. The molecule has 3 aromatic heterocycles. The van der Waals surface area contributed by atoms with Crippen LogP contribution in [0.3, 0.4) is 0 Å². The van der Waals surface area contributed by atoms with Gasteiger partial charge in [-0.25, -0.2) is 19.9 Å². The number of anilines is 1. The zero-order chi connectivity index (χ0) is 21.6.